The molecule has 2 heterocycles. The van der Waals surface area contributed by atoms with E-state index in [9.17, 15) is 0 Å². The number of hydrogen-bond acceptors (Lipinski definition) is 3. The summed E-state index contributed by atoms with van der Waals surface area (Å²) in [5.74, 6) is 0.870. The highest BCUT2D eigenvalue weighted by molar-refractivity contribution is 5.63. The maximum atomic E-state index is 5.84. The van der Waals surface area contributed by atoms with Crippen LogP contribution < -0.4 is 10.1 Å². The van der Waals surface area contributed by atoms with Crippen molar-refractivity contribution in [1.29, 1.82) is 0 Å². The molecule has 19 heavy (non-hydrogen) atoms. The summed E-state index contributed by atoms with van der Waals surface area (Å²) in [5.41, 5.74) is 2.17. The van der Waals surface area contributed by atoms with Gasteiger partial charge in [-0.15, -0.1) is 0 Å². The number of ether oxygens (including phenoxy) is 1. The lowest BCUT2D eigenvalue weighted by Crippen LogP contribution is -2.28. The smallest absolute Gasteiger partial charge is 0.120 e. The van der Waals surface area contributed by atoms with Gasteiger partial charge in [-0.3, -0.25) is 4.68 Å². The van der Waals surface area contributed by atoms with Crippen LogP contribution in [0.25, 0.3) is 11.1 Å². The van der Waals surface area contributed by atoms with Crippen LogP contribution in [0.3, 0.4) is 0 Å². The second kappa shape index (κ2) is 5.45. The molecule has 1 atom stereocenters. The molecule has 0 spiro atoms. The van der Waals surface area contributed by atoms with E-state index < -0.39 is 0 Å². The summed E-state index contributed by atoms with van der Waals surface area (Å²) in [7, 11) is 1.92. The average Bonchev–Trinajstić information content (AvgIpc) is 3.08. The Hall–Kier alpha value is -1.81. The highest BCUT2D eigenvalue weighted by Crippen LogP contribution is 2.23. The van der Waals surface area contributed by atoms with Crippen LogP contribution in [0, 0.1) is 6.07 Å². The summed E-state index contributed by atoms with van der Waals surface area (Å²) in [4.78, 5) is 0. The van der Waals surface area contributed by atoms with E-state index in [1.54, 1.807) is 4.68 Å². The van der Waals surface area contributed by atoms with Crippen molar-refractivity contribution in [3.63, 3.8) is 0 Å². The largest absolute Gasteiger partial charge is 0.492 e. The first-order valence-electron chi connectivity index (χ1n) is 6.67. The van der Waals surface area contributed by atoms with Gasteiger partial charge in [0, 0.05) is 24.8 Å². The lowest BCUT2D eigenvalue weighted by molar-refractivity contribution is 0.277. The van der Waals surface area contributed by atoms with Gasteiger partial charge in [0.1, 0.15) is 12.4 Å². The maximum absolute atomic E-state index is 5.84. The molecule has 4 nitrogen and oxygen atoms in total. The Morgan fingerprint density at radius 3 is 3.16 bits per heavy atom. The van der Waals surface area contributed by atoms with Crippen LogP contribution in [0.2, 0.25) is 0 Å². The van der Waals surface area contributed by atoms with Gasteiger partial charge in [-0.25, -0.2) is 0 Å². The third-order valence-corrected chi connectivity index (χ3v) is 3.41. The monoisotopic (exact) mass is 256 g/mol. The van der Waals surface area contributed by atoms with Gasteiger partial charge in [-0.2, -0.15) is 5.10 Å². The fourth-order valence-electron chi connectivity index (χ4n) is 2.37. The second-order valence-corrected chi connectivity index (χ2v) is 4.96. The van der Waals surface area contributed by atoms with E-state index >= 15 is 0 Å². The SMILES string of the molecule is Cn1cc(-c2c[c]cc(OCC3CCCN3)c2)cn1. The van der Waals surface area contributed by atoms with Crippen LogP contribution in [0.5, 0.6) is 5.75 Å². The first kappa shape index (κ1) is 12.2. The standard InChI is InChI=1S/C15H18N3O/c1-18-10-13(9-17-18)12-4-2-6-15(8-12)19-11-14-5-3-7-16-14/h4,6,8-10,14,16H,3,5,7,11H2,1H3. The molecule has 3 rings (SSSR count). The maximum Gasteiger partial charge on any atom is 0.120 e. The van der Waals surface area contributed by atoms with Gasteiger partial charge in [-0.05, 0) is 49.2 Å². The Morgan fingerprint density at radius 2 is 2.42 bits per heavy atom. The van der Waals surface area contributed by atoms with E-state index in [0.29, 0.717) is 6.04 Å². The average molecular weight is 256 g/mol. The molecule has 0 amide bonds. The van der Waals surface area contributed by atoms with Crippen molar-refractivity contribution in [1.82, 2.24) is 15.1 Å². The summed E-state index contributed by atoms with van der Waals surface area (Å²) in [6.07, 6.45) is 6.29. The molecule has 4 heteroatoms. The first-order chi connectivity index (χ1) is 9.31. The lowest BCUT2D eigenvalue weighted by Gasteiger charge is -2.12. The predicted molar refractivity (Wildman–Crippen MR) is 74.0 cm³/mol. The van der Waals surface area contributed by atoms with Crippen LogP contribution in [-0.2, 0) is 7.05 Å². The minimum atomic E-state index is 0.488. The van der Waals surface area contributed by atoms with Crippen molar-refractivity contribution in [3.05, 3.63) is 36.7 Å². The van der Waals surface area contributed by atoms with E-state index in [2.05, 4.69) is 16.5 Å². The Morgan fingerprint density at radius 1 is 1.47 bits per heavy atom. The Balaban J connectivity index is 1.69. The van der Waals surface area contributed by atoms with Crippen molar-refractivity contribution in [2.24, 2.45) is 7.05 Å². The van der Waals surface area contributed by atoms with Gasteiger partial charge < -0.3 is 10.1 Å². The first-order valence-corrected chi connectivity index (χ1v) is 6.67. The summed E-state index contributed by atoms with van der Waals surface area (Å²) in [6, 6.07) is 9.50. The minimum absolute atomic E-state index is 0.488. The topological polar surface area (TPSA) is 39.1 Å². The molecular weight excluding hydrogens is 238 g/mol. The van der Waals surface area contributed by atoms with Crippen LogP contribution in [0.1, 0.15) is 12.8 Å². The molecule has 1 aromatic heterocycles. The quantitative estimate of drug-likeness (QED) is 0.909. The molecule has 1 fully saturated rings. The molecule has 0 aliphatic carbocycles. The number of hydrogen-bond donors (Lipinski definition) is 1. The molecule has 1 saturated heterocycles. The zero-order valence-corrected chi connectivity index (χ0v) is 11.1. The molecule has 1 radical (unpaired) electrons. The van der Waals surface area contributed by atoms with Crippen LogP contribution in [0.4, 0.5) is 0 Å². The molecule has 1 aromatic carbocycles. The van der Waals surface area contributed by atoms with Gasteiger partial charge in [0.05, 0.1) is 6.20 Å². The molecule has 1 N–H and O–H groups in total. The normalized spacial score (nSPS) is 18.7. The summed E-state index contributed by atoms with van der Waals surface area (Å²) in [5, 5.41) is 7.61. The summed E-state index contributed by atoms with van der Waals surface area (Å²) >= 11 is 0. The van der Waals surface area contributed by atoms with Crippen LogP contribution in [0.15, 0.2) is 30.6 Å². The zero-order chi connectivity index (χ0) is 13.1. The molecule has 99 valence electrons. The van der Waals surface area contributed by atoms with Crippen molar-refractivity contribution in [2.45, 2.75) is 18.9 Å². The number of aryl methyl sites for hydroxylation is 1. The van der Waals surface area contributed by atoms with Gasteiger partial charge in [0.25, 0.3) is 0 Å². The van der Waals surface area contributed by atoms with Gasteiger partial charge in [0.15, 0.2) is 0 Å². The zero-order valence-electron chi connectivity index (χ0n) is 11.1. The Labute approximate surface area is 113 Å². The Bertz CT molecular complexity index is 544. The summed E-state index contributed by atoms with van der Waals surface area (Å²) in [6.45, 7) is 1.83. The number of aromatic nitrogens is 2. The third kappa shape index (κ3) is 2.96. The second-order valence-electron chi connectivity index (χ2n) is 4.96. The molecule has 1 unspecified atom stereocenters. The lowest BCUT2D eigenvalue weighted by atomic mass is 10.1. The predicted octanol–water partition coefficient (Wildman–Crippen LogP) is 2.02. The number of benzene rings is 1. The number of nitrogens with zero attached hydrogens (tertiary/aromatic N) is 2. The van der Waals surface area contributed by atoms with E-state index in [1.165, 1.54) is 12.8 Å². The molecule has 1 aliphatic heterocycles. The summed E-state index contributed by atoms with van der Waals surface area (Å²) < 4.78 is 7.63. The molecule has 0 bridgehead atoms. The van der Waals surface area contributed by atoms with Crippen molar-refractivity contribution in [3.8, 4) is 16.9 Å². The molecule has 0 saturated carbocycles. The number of nitrogens with one attached hydrogen (secondary N) is 1. The van der Waals surface area contributed by atoms with Gasteiger partial charge in [0.2, 0.25) is 0 Å². The van der Waals surface area contributed by atoms with Crippen molar-refractivity contribution >= 4 is 0 Å². The van der Waals surface area contributed by atoms with E-state index in [-0.39, 0.29) is 0 Å². The molecular formula is C15H18N3O. The highest BCUT2D eigenvalue weighted by Gasteiger charge is 2.14. The molecule has 2 aromatic rings. The van der Waals surface area contributed by atoms with Gasteiger partial charge in [-0.1, -0.05) is 0 Å². The number of rotatable bonds is 4. The van der Waals surface area contributed by atoms with Crippen LogP contribution >= 0.6 is 0 Å². The fraction of sp³-hybridized carbons (Fsp3) is 0.400. The van der Waals surface area contributed by atoms with Crippen molar-refractivity contribution in [2.75, 3.05) is 13.2 Å². The van der Waals surface area contributed by atoms with E-state index in [0.717, 1.165) is 30.0 Å². The Kier molecular flexibility index (Phi) is 3.51. The van der Waals surface area contributed by atoms with E-state index in [1.807, 2.05) is 37.6 Å². The molecule has 1 aliphatic rings. The third-order valence-electron chi connectivity index (χ3n) is 3.41. The van der Waals surface area contributed by atoms with E-state index in [4.69, 9.17) is 4.74 Å². The highest BCUT2D eigenvalue weighted by atomic mass is 16.5. The van der Waals surface area contributed by atoms with Crippen molar-refractivity contribution < 1.29 is 4.74 Å². The van der Waals surface area contributed by atoms with Gasteiger partial charge >= 0.3 is 0 Å². The van der Waals surface area contributed by atoms with Crippen LogP contribution in [-0.4, -0.2) is 29.0 Å². The minimum Gasteiger partial charge on any atom is -0.492 e. The fourth-order valence-corrected chi connectivity index (χ4v) is 2.37.